The van der Waals surface area contributed by atoms with Gasteiger partial charge in [-0.1, -0.05) is 44.5 Å². The van der Waals surface area contributed by atoms with Crippen LogP contribution in [0.3, 0.4) is 0 Å². The predicted octanol–water partition coefficient (Wildman–Crippen LogP) is 5.46. The second-order valence-corrected chi connectivity index (χ2v) is 14.1. The van der Waals surface area contributed by atoms with Crippen molar-refractivity contribution >= 4 is 11.9 Å². The highest BCUT2D eigenvalue weighted by atomic mass is 16.6. The molecule has 4 fully saturated rings. The zero-order chi connectivity index (χ0) is 30.3. The summed E-state index contributed by atoms with van der Waals surface area (Å²) in [6.45, 7) is 11.0. The normalized spacial score (nSPS) is 43.3. The van der Waals surface area contributed by atoms with E-state index in [1.807, 2.05) is 24.3 Å². The number of ether oxygens (including phenoxy) is 4. The lowest BCUT2D eigenvalue weighted by molar-refractivity contribution is -0.248. The van der Waals surface area contributed by atoms with Gasteiger partial charge < -0.3 is 28.5 Å². The molecule has 0 bridgehead atoms. The van der Waals surface area contributed by atoms with Gasteiger partial charge in [0.05, 0.1) is 43.0 Å². The zero-order valence-electron chi connectivity index (χ0n) is 25.6. The van der Waals surface area contributed by atoms with Crippen molar-refractivity contribution in [3.63, 3.8) is 0 Å². The summed E-state index contributed by atoms with van der Waals surface area (Å²) in [5.41, 5.74) is 2.06. The first-order chi connectivity index (χ1) is 20.5. The minimum atomic E-state index is -0.823. The van der Waals surface area contributed by atoms with E-state index in [1.54, 1.807) is 24.7 Å². The molecule has 1 N–H and O–H groups in total. The van der Waals surface area contributed by atoms with Gasteiger partial charge in [-0.2, -0.15) is 0 Å². The Kier molecular flexibility index (Phi) is 6.73. The molecule has 2 aliphatic heterocycles. The summed E-state index contributed by atoms with van der Waals surface area (Å²) in [5.74, 6) is -0.964. The summed E-state index contributed by atoms with van der Waals surface area (Å²) in [6.07, 6.45) is 2.77. The van der Waals surface area contributed by atoms with Gasteiger partial charge in [-0.25, -0.2) is 4.79 Å². The number of carbonyl (C=O) groups excluding carboxylic acids is 2. The Balaban J connectivity index is 1.38. The Bertz CT molecular complexity index is 1430. The number of furan rings is 1. The van der Waals surface area contributed by atoms with Crippen molar-refractivity contribution in [3.8, 4) is 0 Å². The number of benzene rings is 1. The molecule has 2 aromatic rings. The fourth-order valence-electron chi connectivity index (χ4n) is 10.4. The molecular weight excluding hydrogens is 548 g/mol. The molecular formula is C35H42O8. The summed E-state index contributed by atoms with van der Waals surface area (Å²) in [7, 11) is 0. The molecule has 3 aliphatic carbocycles. The largest absolute Gasteiger partial charge is 0.472 e. The molecule has 0 radical (unpaired) electrons. The van der Waals surface area contributed by atoms with Crippen LogP contribution in [0.25, 0.3) is 0 Å². The Hall–Kier alpha value is -2.94. The second kappa shape index (κ2) is 10.0. The van der Waals surface area contributed by atoms with Crippen LogP contribution in [0.1, 0.15) is 75.7 Å². The SMILES string of the molecule is CC(=O)O[C@@H]1C[C@H](OC(=O)c2ccccc2)[C@@]2(C)[C@H]3[C@@H](OC[C@]13C)[C@@H](O)[C@@]1(C)C3=C(C)[C@H](c4ccoc4)C[C@@H]3OCC[C@@H]12. The lowest BCUT2D eigenvalue weighted by atomic mass is 9.39. The van der Waals surface area contributed by atoms with Crippen LogP contribution in [-0.2, 0) is 23.7 Å². The third-order valence-corrected chi connectivity index (χ3v) is 12.1. The van der Waals surface area contributed by atoms with E-state index < -0.39 is 46.6 Å². The fraction of sp³-hybridized carbons (Fsp3) is 0.600. The number of hydrogen-bond donors (Lipinski definition) is 1. The summed E-state index contributed by atoms with van der Waals surface area (Å²) < 4.78 is 31.1. The molecule has 8 heteroatoms. The summed E-state index contributed by atoms with van der Waals surface area (Å²) in [4.78, 5) is 26.0. The first-order valence-corrected chi connectivity index (χ1v) is 15.6. The number of rotatable bonds is 4. The Morgan fingerprint density at radius 1 is 1.00 bits per heavy atom. The van der Waals surface area contributed by atoms with E-state index in [0.29, 0.717) is 31.6 Å². The van der Waals surface area contributed by atoms with Crippen LogP contribution in [0.5, 0.6) is 0 Å². The van der Waals surface area contributed by atoms with E-state index in [1.165, 1.54) is 12.5 Å². The average Bonchev–Trinajstić information content (AvgIpc) is 3.69. The maximum Gasteiger partial charge on any atom is 0.338 e. The third kappa shape index (κ3) is 3.98. The van der Waals surface area contributed by atoms with E-state index in [-0.39, 0.29) is 29.8 Å². The fourth-order valence-corrected chi connectivity index (χ4v) is 10.4. The quantitative estimate of drug-likeness (QED) is 0.370. The van der Waals surface area contributed by atoms with Crippen LogP contribution >= 0.6 is 0 Å². The number of hydrogen-bond acceptors (Lipinski definition) is 8. The van der Waals surface area contributed by atoms with Crippen molar-refractivity contribution in [2.75, 3.05) is 13.2 Å². The van der Waals surface area contributed by atoms with E-state index >= 15 is 0 Å². The Morgan fingerprint density at radius 2 is 1.77 bits per heavy atom. The van der Waals surface area contributed by atoms with Crippen molar-refractivity contribution < 1.29 is 38.1 Å². The van der Waals surface area contributed by atoms with Gasteiger partial charge in [0.2, 0.25) is 0 Å². The molecule has 43 heavy (non-hydrogen) atoms. The third-order valence-electron chi connectivity index (χ3n) is 12.1. The topological polar surface area (TPSA) is 104 Å². The van der Waals surface area contributed by atoms with Crippen LogP contribution in [0.4, 0.5) is 0 Å². The Labute approximate surface area is 252 Å². The van der Waals surface area contributed by atoms with Gasteiger partial charge in [0.15, 0.2) is 0 Å². The molecule has 230 valence electrons. The van der Waals surface area contributed by atoms with Crippen LogP contribution in [-0.4, -0.2) is 60.8 Å². The number of allylic oxidation sites excluding steroid dienone is 1. The molecule has 0 unspecified atom stereocenters. The van der Waals surface area contributed by atoms with Crippen LogP contribution in [0.2, 0.25) is 0 Å². The van der Waals surface area contributed by atoms with Gasteiger partial charge in [-0.15, -0.1) is 0 Å². The number of aliphatic hydroxyl groups is 1. The highest BCUT2D eigenvalue weighted by Crippen LogP contribution is 2.72. The smallest absolute Gasteiger partial charge is 0.338 e. The van der Waals surface area contributed by atoms with Crippen molar-refractivity contribution in [2.24, 2.45) is 28.1 Å². The van der Waals surface area contributed by atoms with Crippen LogP contribution < -0.4 is 0 Å². The van der Waals surface area contributed by atoms with Crippen molar-refractivity contribution in [2.45, 2.75) is 90.3 Å². The van der Waals surface area contributed by atoms with Gasteiger partial charge in [-0.05, 0) is 55.0 Å². The second-order valence-electron chi connectivity index (χ2n) is 14.1. The minimum absolute atomic E-state index is 0.0952. The molecule has 3 heterocycles. The predicted molar refractivity (Wildman–Crippen MR) is 156 cm³/mol. The molecule has 2 saturated carbocycles. The van der Waals surface area contributed by atoms with E-state index in [2.05, 4.69) is 27.7 Å². The lowest BCUT2D eigenvalue weighted by Crippen LogP contribution is -2.71. The first kappa shape index (κ1) is 28.8. The van der Waals surface area contributed by atoms with Crippen molar-refractivity contribution in [1.29, 1.82) is 0 Å². The molecule has 5 aliphatic rings. The molecule has 0 spiro atoms. The molecule has 2 saturated heterocycles. The van der Waals surface area contributed by atoms with Gasteiger partial charge in [0, 0.05) is 48.0 Å². The monoisotopic (exact) mass is 590 g/mol. The van der Waals surface area contributed by atoms with Gasteiger partial charge in [0.1, 0.15) is 12.2 Å². The van der Waals surface area contributed by atoms with Crippen molar-refractivity contribution in [1.82, 2.24) is 0 Å². The van der Waals surface area contributed by atoms with Gasteiger partial charge in [0.25, 0.3) is 0 Å². The number of carbonyl (C=O) groups is 2. The molecule has 1 aromatic carbocycles. The standard InChI is InChI=1S/C35H42O8/c1-19-23(22-11-13-39-17-22)15-24-28(19)35(5)25(12-14-40-24)34(4)27(43-32(38)21-9-7-6-8-10-21)16-26(42-20(2)36)33(3)18-41-29(30(33)34)31(35)37/h6-11,13,17,23-27,29-31,37H,12,14-16,18H2,1-5H3/t23-,24+,25-,26-,27+,29-,30+,31-,33-,34+,35-/m1/s1. The minimum Gasteiger partial charge on any atom is -0.472 e. The lowest BCUT2D eigenvalue weighted by Gasteiger charge is -2.66. The highest BCUT2D eigenvalue weighted by Gasteiger charge is 2.76. The maximum atomic E-state index is 13.6. The molecule has 7 rings (SSSR count). The summed E-state index contributed by atoms with van der Waals surface area (Å²) in [5, 5.41) is 12.5. The number of esters is 2. The van der Waals surface area contributed by atoms with Crippen molar-refractivity contribution in [3.05, 3.63) is 71.2 Å². The average molecular weight is 591 g/mol. The molecule has 11 atom stereocenters. The summed E-state index contributed by atoms with van der Waals surface area (Å²) >= 11 is 0. The van der Waals surface area contributed by atoms with E-state index in [0.717, 1.165) is 17.6 Å². The van der Waals surface area contributed by atoms with E-state index in [4.69, 9.17) is 23.4 Å². The van der Waals surface area contributed by atoms with E-state index in [9.17, 15) is 14.7 Å². The molecule has 8 nitrogen and oxygen atoms in total. The van der Waals surface area contributed by atoms with Gasteiger partial charge >= 0.3 is 11.9 Å². The molecule has 0 amide bonds. The van der Waals surface area contributed by atoms with Crippen LogP contribution in [0.15, 0.2) is 64.5 Å². The number of aliphatic hydroxyl groups excluding tert-OH is 1. The van der Waals surface area contributed by atoms with Crippen LogP contribution in [0, 0.1) is 28.1 Å². The van der Waals surface area contributed by atoms with Gasteiger partial charge in [-0.3, -0.25) is 4.79 Å². The summed E-state index contributed by atoms with van der Waals surface area (Å²) in [6, 6.07) is 11.0. The highest BCUT2D eigenvalue weighted by molar-refractivity contribution is 5.89. The zero-order valence-corrected chi connectivity index (χ0v) is 25.6. The maximum absolute atomic E-state index is 13.6. The first-order valence-electron chi connectivity index (χ1n) is 15.6. The Morgan fingerprint density at radius 3 is 2.47 bits per heavy atom. The molecule has 1 aromatic heterocycles. The number of fused-ring (bicyclic) bond motifs is 4.